The second-order valence-electron chi connectivity index (χ2n) is 1.99. The predicted molar refractivity (Wildman–Crippen MR) is 42.3 cm³/mol. The molecule has 0 fully saturated rings. The predicted octanol–water partition coefficient (Wildman–Crippen LogP) is 1.94. The molecule has 1 heterocycles. The van der Waals surface area contributed by atoms with Crippen molar-refractivity contribution in [2.24, 2.45) is 0 Å². The third-order valence-corrected chi connectivity index (χ3v) is 2.40. The monoisotopic (exact) mass is 177 g/mol. The van der Waals surface area contributed by atoms with Crippen LogP contribution in [0.4, 0.5) is 0 Å². The van der Waals surface area contributed by atoms with Gasteiger partial charge in [0, 0.05) is 5.38 Å². The first-order valence-corrected chi connectivity index (χ1v) is 4.33. The highest BCUT2D eigenvalue weighted by molar-refractivity contribution is 7.09. The number of aliphatic hydroxyl groups excluding tert-OH is 1. The Labute approximate surface area is 68.5 Å². The first-order valence-electron chi connectivity index (χ1n) is 2.92. The van der Waals surface area contributed by atoms with Gasteiger partial charge in [0.1, 0.15) is 11.1 Å². The number of hydrogen-bond donors (Lipinski definition) is 1. The van der Waals surface area contributed by atoms with Crippen molar-refractivity contribution < 1.29 is 5.11 Å². The van der Waals surface area contributed by atoms with E-state index in [2.05, 4.69) is 4.98 Å². The molecule has 0 saturated heterocycles. The molecule has 0 spiro atoms. The summed E-state index contributed by atoms with van der Waals surface area (Å²) >= 11 is 6.94. The van der Waals surface area contributed by atoms with Gasteiger partial charge in [-0.15, -0.1) is 22.9 Å². The summed E-state index contributed by atoms with van der Waals surface area (Å²) in [5, 5.41) is 11.6. The normalized spacial score (nSPS) is 13.5. The first kappa shape index (κ1) is 7.98. The Balaban J connectivity index is 2.78. The van der Waals surface area contributed by atoms with Gasteiger partial charge in [-0.25, -0.2) is 4.98 Å². The maximum Gasteiger partial charge on any atom is 0.121 e. The second-order valence-corrected chi connectivity index (χ2v) is 3.14. The van der Waals surface area contributed by atoms with E-state index in [1.807, 2.05) is 5.38 Å². The maximum atomic E-state index is 9.04. The fourth-order valence-corrected chi connectivity index (χ4v) is 1.56. The van der Waals surface area contributed by atoms with Gasteiger partial charge in [-0.1, -0.05) is 0 Å². The van der Waals surface area contributed by atoms with E-state index in [9.17, 15) is 0 Å². The number of aromatic nitrogens is 1. The summed E-state index contributed by atoms with van der Waals surface area (Å²) in [5.41, 5.74) is 0.836. The number of hydrogen-bond acceptors (Lipinski definition) is 3. The van der Waals surface area contributed by atoms with Crippen LogP contribution >= 0.6 is 22.9 Å². The van der Waals surface area contributed by atoms with Crippen molar-refractivity contribution in [3.05, 3.63) is 16.1 Å². The molecule has 2 nitrogen and oxygen atoms in total. The number of nitrogens with zero attached hydrogens (tertiary/aromatic N) is 1. The molecule has 1 atom stereocenters. The van der Waals surface area contributed by atoms with E-state index in [0.717, 1.165) is 10.7 Å². The van der Waals surface area contributed by atoms with Gasteiger partial charge in [0.2, 0.25) is 0 Å². The van der Waals surface area contributed by atoms with E-state index in [-0.39, 0.29) is 0 Å². The van der Waals surface area contributed by atoms with Gasteiger partial charge >= 0.3 is 0 Å². The van der Waals surface area contributed by atoms with E-state index in [1.54, 1.807) is 6.92 Å². The standard InChI is InChI=1S/C6H8ClNOS/c1-4(9)6-8-5(2-7)3-10-6/h3-4,9H,2H2,1H3. The molecule has 1 N–H and O–H groups in total. The molecule has 0 saturated carbocycles. The Morgan fingerprint density at radius 3 is 2.90 bits per heavy atom. The summed E-state index contributed by atoms with van der Waals surface area (Å²) in [6.07, 6.45) is -0.470. The van der Waals surface area contributed by atoms with Gasteiger partial charge in [0.05, 0.1) is 11.6 Å². The van der Waals surface area contributed by atoms with Gasteiger partial charge in [0.25, 0.3) is 0 Å². The van der Waals surface area contributed by atoms with Gasteiger partial charge in [-0.3, -0.25) is 0 Å². The van der Waals surface area contributed by atoms with E-state index < -0.39 is 6.10 Å². The lowest BCUT2D eigenvalue weighted by molar-refractivity contribution is 0.198. The van der Waals surface area contributed by atoms with Crippen molar-refractivity contribution in [2.45, 2.75) is 18.9 Å². The highest BCUT2D eigenvalue weighted by Crippen LogP contribution is 2.17. The zero-order chi connectivity index (χ0) is 7.56. The highest BCUT2D eigenvalue weighted by Gasteiger charge is 2.05. The Kier molecular flexibility index (Phi) is 2.65. The van der Waals surface area contributed by atoms with Gasteiger partial charge < -0.3 is 5.11 Å². The van der Waals surface area contributed by atoms with Crippen LogP contribution in [0, 0.1) is 0 Å². The SMILES string of the molecule is CC(O)c1nc(CCl)cs1. The van der Waals surface area contributed by atoms with Crippen LogP contribution in [-0.2, 0) is 5.88 Å². The molecule has 0 aliphatic carbocycles. The quantitative estimate of drug-likeness (QED) is 0.701. The molecule has 4 heteroatoms. The van der Waals surface area contributed by atoms with Crippen LogP contribution < -0.4 is 0 Å². The lowest BCUT2D eigenvalue weighted by atomic mass is 10.4. The molecule has 1 aromatic heterocycles. The fourth-order valence-electron chi connectivity index (χ4n) is 0.576. The van der Waals surface area contributed by atoms with Crippen LogP contribution in [0.25, 0.3) is 0 Å². The molecule has 0 radical (unpaired) electrons. The third-order valence-electron chi connectivity index (χ3n) is 1.06. The molecule has 1 aromatic rings. The molecule has 0 aromatic carbocycles. The molecule has 0 aliphatic rings. The number of thiazole rings is 1. The molecule has 1 rings (SSSR count). The average molecular weight is 178 g/mol. The molecule has 56 valence electrons. The van der Waals surface area contributed by atoms with E-state index in [4.69, 9.17) is 16.7 Å². The molecular formula is C6H8ClNOS. The zero-order valence-electron chi connectivity index (χ0n) is 5.54. The third kappa shape index (κ3) is 1.68. The lowest BCUT2D eigenvalue weighted by Crippen LogP contribution is -1.89. The van der Waals surface area contributed by atoms with Crippen LogP contribution in [0.1, 0.15) is 23.7 Å². The van der Waals surface area contributed by atoms with Gasteiger partial charge in [-0.2, -0.15) is 0 Å². The minimum absolute atomic E-state index is 0.420. The first-order chi connectivity index (χ1) is 4.74. The van der Waals surface area contributed by atoms with Gasteiger partial charge in [0.15, 0.2) is 0 Å². The second kappa shape index (κ2) is 3.32. The molecule has 1 unspecified atom stereocenters. The highest BCUT2D eigenvalue weighted by atomic mass is 35.5. The lowest BCUT2D eigenvalue weighted by Gasteiger charge is -1.94. The average Bonchev–Trinajstić information content (AvgIpc) is 2.34. The topological polar surface area (TPSA) is 33.1 Å². The molecule has 10 heavy (non-hydrogen) atoms. The van der Waals surface area contributed by atoms with E-state index >= 15 is 0 Å². The van der Waals surface area contributed by atoms with Crippen molar-refractivity contribution in [2.75, 3.05) is 0 Å². The van der Waals surface area contributed by atoms with Crippen LogP contribution in [0.2, 0.25) is 0 Å². The summed E-state index contributed by atoms with van der Waals surface area (Å²) in [4.78, 5) is 4.06. The van der Waals surface area contributed by atoms with Crippen molar-refractivity contribution >= 4 is 22.9 Å². The molecular weight excluding hydrogens is 170 g/mol. The minimum Gasteiger partial charge on any atom is -0.386 e. The van der Waals surface area contributed by atoms with Crippen LogP contribution in [0.3, 0.4) is 0 Å². The summed E-state index contributed by atoms with van der Waals surface area (Å²) < 4.78 is 0. The number of aliphatic hydroxyl groups is 1. The maximum absolute atomic E-state index is 9.04. The molecule has 0 amide bonds. The summed E-state index contributed by atoms with van der Waals surface area (Å²) in [6.45, 7) is 1.69. The van der Waals surface area contributed by atoms with Crippen molar-refractivity contribution in [1.29, 1.82) is 0 Å². The largest absolute Gasteiger partial charge is 0.386 e. The summed E-state index contributed by atoms with van der Waals surface area (Å²) in [6, 6.07) is 0. The Morgan fingerprint density at radius 2 is 2.60 bits per heavy atom. The van der Waals surface area contributed by atoms with Crippen molar-refractivity contribution in [3.8, 4) is 0 Å². The Hall–Kier alpha value is -0.120. The van der Waals surface area contributed by atoms with Crippen LogP contribution in [-0.4, -0.2) is 10.1 Å². The smallest absolute Gasteiger partial charge is 0.121 e. The Bertz CT molecular complexity index is 211. The summed E-state index contributed by atoms with van der Waals surface area (Å²) in [7, 11) is 0. The van der Waals surface area contributed by atoms with Gasteiger partial charge in [-0.05, 0) is 6.92 Å². The fraction of sp³-hybridized carbons (Fsp3) is 0.500. The molecule has 0 aliphatic heterocycles. The van der Waals surface area contributed by atoms with E-state index in [1.165, 1.54) is 11.3 Å². The Morgan fingerprint density at radius 1 is 1.90 bits per heavy atom. The van der Waals surface area contributed by atoms with Crippen molar-refractivity contribution in [3.63, 3.8) is 0 Å². The number of alkyl halides is 1. The molecule has 0 bridgehead atoms. The van der Waals surface area contributed by atoms with Crippen LogP contribution in [0.5, 0.6) is 0 Å². The van der Waals surface area contributed by atoms with Crippen molar-refractivity contribution in [1.82, 2.24) is 4.98 Å². The zero-order valence-corrected chi connectivity index (χ0v) is 7.11. The number of halogens is 1. The van der Waals surface area contributed by atoms with Crippen LogP contribution in [0.15, 0.2) is 5.38 Å². The minimum atomic E-state index is -0.470. The summed E-state index contributed by atoms with van der Waals surface area (Å²) in [5.74, 6) is 0.420. The van der Waals surface area contributed by atoms with E-state index in [0.29, 0.717) is 5.88 Å². The number of rotatable bonds is 2.